The second kappa shape index (κ2) is 4.70. The summed E-state index contributed by atoms with van der Waals surface area (Å²) in [5.74, 6) is 0.802. The van der Waals surface area contributed by atoms with Gasteiger partial charge in [0, 0.05) is 11.8 Å². The molecule has 0 aliphatic rings. The van der Waals surface area contributed by atoms with Gasteiger partial charge in [-0.1, -0.05) is 23.4 Å². The fourth-order valence-corrected chi connectivity index (χ4v) is 1.66. The summed E-state index contributed by atoms with van der Waals surface area (Å²) in [6, 6.07) is 14.6. The van der Waals surface area contributed by atoms with E-state index in [1.54, 1.807) is 30.5 Å². The zero-order valence-corrected chi connectivity index (χ0v) is 9.82. The van der Waals surface area contributed by atoms with Crippen molar-refractivity contribution in [3.05, 3.63) is 54.2 Å². The van der Waals surface area contributed by atoms with Crippen LogP contribution in [-0.2, 0) is 0 Å². The maximum absolute atomic E-state index is 8.87. The van der Waals surface area contributed by atoms with Crippen molar-refractivity contribution in [2.75, 3.05) is 0 Å². The highest BCUT2D eigenvalue weighted by Crippen LogP contribution is 2.21. The zero-order chi connectivity index (χ0) is 13.1. The van der Waals surface area contributed by atoms with Gasteiger partial charge in [-0.3, -0.25) is 4.98 Å². The number of aromatic nitrogens is 3. The second-order valence-electron chi connectivity index (χ2n) is 3.83. The van der Waals surface area contributed by atoms with E-state index in [1.807, 2.05) is 18.2 Å². The normalized spacial score (nSPS) is 10.1. The van der Waals surface area contributed by atoms with E-state index in [9.17, 15) is 0 Å². The topological polar surface area (TPSA) is 75.6 Å². The molecule has 3 rings (SSSR count). The van der Waals surface area contributed by atoms with Crippen LogP contribution in [0.5, 0.6) is 0 Å². The fraction of sp³-hybridized carbons (Fsp3) is 0. The van der Waals surface area contributed by atoms with Crippen LogP contribution >= 0.6 is 0 Å². The zero-order valence-electron chi connectivity index (χ0n) is 9.82. The van der Waals surface area contributed by atoms with Crippen molar-refractivity contribution < 1.29 is 4.52 Å². The van der Waals surface area contributed by atoms with Crippen LogP contribution in [0.15, 0.2) is 53.2 Å². The lowest BCUT2D eigenvalue weighted by molar-refractivity contribution is 0.431. The molecule has 0 radical (unpaired) electrons. The third-order valence-corrected chi connectivity index (χ3v) is 2.56. The molecule has 0 saturated carbocycles. The van der Waals surface area contributed by atoms with Crippen LogP contribution in [0.25, 0.3) is 23.0 Å². The van der Waals surface area contributed by atoms with E-state index >= 15 is 0 Å². The molecule has 2 heterocycles. The Morgan fingerprint density at radius 3 is 2.84 bits per heavy atom. The van der Waals surface area contributed by atoms with Crippen molar-refractivity contribution >= 4 is 0 Å². The number of rotatable bonds is 2. The van der Waals surface area contributed by atoms with Crippen LogP contribution in [-0.4, -0.2) is 15.1 Å². The summed E-state index contributed by atoms with van der Waals surface area (Å²) in [4.78, 5) is 8.42. The molecule has 2 aromatic heterocycles. The van der Waals surface area contributed by atoms with Crippen molar-refractivity contribution in [2.45, 2.75) is 0 Å². The third-order valence-electron chi connectivity index (χ3n) is 2.56. The first-order valence-electron chi connectivity index (χ1n) is 5.62. The highest BCUT2D eigenvalue weighted by atomic mass is 16.5. The average molecular weight is 248 g/mol. The molecule has 0 fully saturated rings. The van der Waals surface area contributed by atoms with Gasteiger partial charge < -0.3 is 4.52 Å². The van der Waals surface area contributed by atoms with Crippen molar-refractivity contribution in [3.63, 3.8) is 0 Å². The van der Waals surface area contributed by atoms with E-state index in [2.05, 4.69) is 21.2 Å². The van der Waals surface area contributed by atoms with E-state index in [-0.39, 0.29) is 0 Å². The molecule has 0 N–H and O–H groups in total. The Balaban J connectivity index is 2.00. The number of nitriles is 1. The van der Waals surface area contributed by atoms with Crippen molar-refractivity contribution in [3.8, 4) is 29.0 Å². The number of hydrogen-bond donors (Lipinski definition) is 0. The summed E-state index contributed by atoms with van der Waals surface area (Å²) in [5.41, 5.74) is 1.92. The van der Waals surface area contributed by atoms with E-state index < -0.39 is 0 Å². The smallest absolute Gasteiger partial charge is 0.276 e. The van der Waals surface area contributed by atoms with Crippen LogP contribution in [0.2, 0.25) is 0 Å². The molecule has 1 aromatic carbocycles. The summed E-state index contributed by atoms with van der Waals surface area (Å²) in [6.07, 6.45) is 1.66. The quantitative estimate of drug-likeness (QED) is 0.696. The first-order chi connectivity index (χ1) is 9.36. The Morgan fingerprint density at radius 1 is 1.11 bits per heavy atom. The van der Waals surface area contributed by atoms with E-state index in [0.717, 1.165) is 5.56 Å². The van der Waals surface area contributed by atoms with Crippen LogP contribution in [0.4, 0.5) is 0 Å². The van der Waals surface area contributed by atoms with Crippen LogP contribution < -0.4 is 0 Å². The lowest BCUT2D eigenvalue weighted by atomic mass is 10.1. The molecule has 5 nitrogen and oxygen atoms in total. The van der Waals surface area contributed by atoms with Gasteiger partial charge in [0.2, 0.25) is 5.82 Å². The lowest BCUT2D eigenvalue weighted by Crippen LogP contribution is -1.84. The number of hydrogen-bond acceptors (Lipinski definition) is 5. The molecule has 90 valence electrons. The SMILES string of the molecule is N#Cc1cccc(-c2noc(-c3ccccn3)n2)c1. The van der Waals surface area contributed by atoms with Crippen LogP contribution in [0.1, 0.15) is 5.56 Å². The standard InChI is InChI=1S/C14H8N4O/c15-9-10-4-3-5-11(8-10)13-17-14(19-18-13)12-6-1-2-7-16-12/h1-8H. The van der Waals surface area contributed by atoms with Gasteiger partial charge in [-0.25, -0.2) is 0 Å². The van der Waals surface area contributed by atoms with E-state index in [1.165, 1.54) is 0 Å². The van der Waals surface area contributed by atoms with Gasteiger partial charge in [0.25, 0.3) is 5.89 Å². The summed E-state index contributed by atoms with van der Waals surface area (Å²) >= 11 is 0. The fourth-order valence-electron chi connectivity index (χ4n) is 1.66. The van der Waals surface area contributed by atoms with Crippen molar-refractivity contribution in [1.29, 1.82) is 5.26 Å². The minimum Gasteiger partial charge on any atom is -0.332 e. The summed E-state index contributed by atoms with van der Waals surface area (Å²) < 4.78 is 5.17. The molecule has 3 aromatic rings. The molecular weight excluding hydrogens is 240 g/mol. The molecule has 0 bridgehead atoms. The Morgan fingerprint density at radius 2 is 2.05 bits per heavy atom. The Hall–Kier alpha value is -3.00. The Kier molecular flexibility index (Phi) is 2.75. The van der Waals surface area contributed by atoms with Crippen molar-refractivity contribution in [1.82, 2.24) is 15.1 Å². The predicted octanol–water partition coefficient (Wildman–Crippen LogP) is 2.67. The highest BCUT2D eigenvalue weighted by molar-refractivity contribution is 5.59. The number of benzene rings is 1. The second-order valence-corrected chi connectivity index (χ2v) is 3.83. The third kappa shape index (κ3) is 2.19. The molecule has 0 atom stereocenters. The summed E-state index contributed by atoms with van der Waals surface area (Å²) in [5, 5.41) is 12.8. The minimum absolute atomic E-state index is 0.359. The van der Waals surface area contributed by atoms with Gasteiger partial charge in [-0.05, 0) is 24.3 Å². The van der Waals surface area contributed by atoms with E-state index in [4.69, 9.17) is 9.78 Å². The molecule has 19 heavy (non-hydrogen) atoms. The van der Waals surface area contributed by atoms with Gasteiger partial charge in [-0.15, -0.1) is 0 Å². The molecule has 0 unspecified atom stereocenters. The van der Waals surface area contributed by atoms with Crippen LogP contribution in [0, 0.1) is 11.3 Å². The van der Waals surface area contributed by atoms with E-state index in [0.29, 0.717) is 23.0 Å². The monoisotopic (exact) mass is 248 g/mol. The average Bonchev–Trinajstić information content (AvgIpc) is 2.98. The first kappa shape index (κ1) is 11.1. The van der Waals surface area contributed by atoms with Gasteiger partial charge >= 0.3 is 0 Å². The first-order valence-corrected chi connectivity index (χ1v) is 5.62. The molecular formula is C14H8N4O. The number of nitrogens with zero attached hydrogens (tertiary/aromatic N) is 4. The largest absolute Gasteiger partial charge is 0.332 e. The lowest BCUT2D eigenvalue weighted by Gasteiger charge is -1.93. The molecule has 0 saturated heterocycles. The molecule has 5 heteroatoms. The summed E-state index contributed by atoms with van der Waals surface area (Å²) in [7, 11) is 0. The maximum atomic E-state index is 8.87. The van der Waals surface area contributed by atoms with Crippen molar-refractivity contribution in [2.24, 2.45) is 0 Å². The van der Waals surface area contributed by atoms with Gasteiger partial charge in [0.15, 0.2) is 0 Å². The molecule has 0 aliphatic heterocycles. The van der Waals surface area contributed by atoms with Crippen LogP contribution in [0.3, 0.4) is 0 Å². The van der Waals surface area contributed by atoms with Gasteiger partial charge in [-0.2, -0.15) is 10.2 Å². The molecule has 0 amide bonds. The Bertz CT molecular complexity index is 743. The van der Waals surface area contributed by atoms with Gasteiger partial charge in [0.05, 0.1) is 11.6 Å². The minimum atomic E-state index is 0.359. The molecule has 0 spiro atoms. The molecule has 0 aliphatic carbocycles. The highest BCUT2D eigenvalue weighted by Gasteiger charge is 2.11. The maximum Gasteiger partial charge on any atom is 0.276 e. The Labute approximate surface area is 109 Å². The predicted molar refractivity (Wildman–Crippen MR) is 67.7 cm³/mol. The number of pyridine rings is 1. The van der Waals surface area contributed by atoms with Gasteiger partial charge in [0.1, 0.15) is 5.69 Å². The summed E-state index contributed by atoms with van der Waals surface area (Å²) in [6.45, 7) is 0.